The van der Waals surface area contributed by atoms with E-state index >= 15 is 0 Å². The molecule has 0 radical (unpaired) electrons. The number of rotatable bonds is 5. The van der Waals surface area contributed by atoms with Crippen molar-refractivity contribution in [3.63, 3.8) is 0 Å². The number of aromatic nitrogens is 1. The van der Waals surface area contributed by atoms with Gasteiger partial charge >= 0.3 is 5.97 Å². The van der Waals surface area contributed by atoms with Gasteiger partial charge in [-0.3, -0.25) is 14.5 Å². The van der Waals surface area contributed by atoms with E-state index in [0.717, 1.165) is 31.2 Å². The zero-order valence-electron chi connectivity index (χ0n) is 18.4. The Hall–Kier alpha value is -2.69. The summed E-state index contributed by atoms with van der Waals surface area (Å²) in [5.41, 5.74) is 1.73. The van der Waals surface area contributed by atoms with Gasteiger partial charge in [0.15, 0.2) is 0 Å². The fourth-order valence-electron chi connectivity index (χ4n) is 4.11. The van der Waals surface area contributed by atoms with E-state index in [1.54, 1.807) is 18.0 Å². The first-order chi connectivity index (χ1) is 14.2. The van der Waals surface area contributed by atoms with Gasteiger partial charge in [0.2, 0.25) is 5.91 Å². The first-order valence-corrected chi connectivity index (χ1v) is 10.8. The number of ether oxygens (including phenoxy) is 1. The van der Waals surface area contributed by atoms with Crippen molar-refractivity contribution in [2.75, 3.05) is 4.90 Å². The molecule has 5 nitrogen and oxygen atoms in total. The highest BCUT2D eigenvalue weighted by molar-refractivity contribution is 5.90. The van der Waals surface area contributed by atoms with Gasteiger partial charge in [0.25, 0.3) is 0 Å². The molecule has 0 bridgehead atoms. The van der Waals surface area contributed by atoms with Crippen LogP contribution in [0.15, 0.2) is 48.7 Å². The van der Waals surface area contributed by atoms with Crippen molar-refractivity contribution in [2.24, 2.45) is 5.92 Å². The second-order valence-electron chi connectivity index (χ2n) is 9.07. The van der Waals surface area contributed by atoms with Crippen molar-refractivity contribution < 1.29 is 14.3 Å². The second-order valence-corrected chi connectivity index (χ2v) is 9.07. The van der Waals surface area contributed by atoms with Gasteiger partial charge in [-0.1, -0.05) is 43.2 Å². The number of amides is 1. The van der Waals surface area contributed by atoms with Gasteiger partial charge in [0, 0.05) is 13.1 Å². The van der Waals surface area contributed by atoms with Crippen LogP contribution in [0.1, 0.15) is 70.4 Å². The normalized spacial score (nSPS) is 19.2. The monoisotopic (exact) mass is 408 g/mol. The number of benzene rings is 1. The smallest absolute Gasteiger partial charge is 0.310 e. The number of pyridine rings is 1. The SMILES string of the molecule is CC(=O)N(Cc1ccc([C@@H]2CCCC[C@H]2C(=O)OC(C)(C)C)cc1)c1ccccn1. The zero-order valence-corrected chi connectivity index (χ0v) is 18.4. The van der Waals surface area contributed by atoms with Crippen molar-refractivity contribution in [3.05, 3.63) is 59.8 Å². The molecule has 1 aromatic heterocycles. The lowest BCUT2D eigenvalue weighted by Gasteiger charge is -2.32. The number of anilines is 1. The molecule has 160 valence electrons. The fraction of sp³-hybridized carbons (Fsp3) is 0.480. The molecule has 0 spiro atoms. The first kappa shape index (κ1) is 22.0. The Morgan fingerprint density at radius 2 is 1.77 bits per heavy atom. The summed E-state index contributed by atoms with van der Waals surface area (Å²) in [6, 6.07) is 13.8. The van der Waals surface area contributed by atoms with Crippen LogP contribution in [-0.2, 0) is 20.9 Å². The largest absolute Gasteiger partial charge is 0.460 e. The van der Waals surface area contributed by atoms with Crippen molar-refractivity contribution >= 4 is 17.7 Å². The van der Waals surface area contributed by atoms with E-state index in [9.17, 15) is 9.59 Å². The molecule has 0 unspecified atom stereocenters. The summed E-state index contributed by atoms with van der Waals surface area (Å²) >= 11 is 0. The van der Waals surface area contributed by atoms with Crippen molar-refractivity contribution in [1.82, 2.24) is 4.98 Å². The third-order valence-electron chi connectivity index (χ3n) is 5.53. The lowest BCUT2D eigenvalue weighted by Crippen LogP contribution is -2.33. The van der Waals surface area contributed by atoms with E-state index in [4.69, 9.17) is 4.74 Å². The van der Waals surface area contributed by atoms with Crippen LogP contribution in [0.3, 0.4) is 0 Å². The van der Waals surface area contributed by atoms with E-state index in [1.165, 1.54) is 5.56 Å². The molecule has 1 aromatic carbocycles. The molecule has 5 heteroatoms. The summed E-state index contributed by atoms with van der Waals surface area (Å²) in [4.78, 5) is 30.9. The molecule has 0 aliphatic heterocycles. The van der Waals surface area contributed by atoms with Gasteiger partial charge in [-0.25, -0.2) is 4.98 Å². The average Bonchev–Trinajstić information content (AvgIpc) is 2.71. The number of carbonyl (C=O) groups is 2. The lowest BCUT2D eigenvalue weighted by molar-refractivity contribution is -0.161. The number of carbonyl (C=O) groups excluding carboxylic acids is 2. The minimum atomic E-state index is -0.468. The van der Waals surface area contributed by atoms with Crippen molar-refractivity contribution in [3.8, 4) is 0 Å². The predicted molar refractivity (Wildman–Crippen MR) is 118 cm³/mol. The third kappa shape index (κ3) is 5.68. The number of nitrogens with zero attached hydrogens (tertiary/aromatic N) is 2. The van der Waals surface area contributed by atoms with Crippen LogP contribution >= 0.6 is 0 Å². The third-order valence-corrected chi connectivity index (χ3v) is 5.53. The van der Waals surface area contributed by atoms with E-state index in [0.29, 0.717) is 12.4 Å². The minimum Gasteiger partial charge on any atom is -0.460 e. The van der Waals surface area contributed by atoms with Crippen LogP contribution in [0.25, 0.3) is 0 Å². The second kappa shape index (κ2) is 9.41. The number of hydrogen-bond acceptors (Lipinski definition) is 4. The van der Waals surface area contributed by atoms with Crippen LogP contribution in [0.2, 0.25) is 0 Å². The standard InChI is InChI=1S/C25H32N2O3/c1-18(28)27(23-11-7-8-16-26-23)17-19-12-14-20(15-13-19)21-9-5-6-10-22(21)24(29)30-25(2,3)4/h7-8,11-16,21-22H,5-6,9-10,17H2,1-4H3/t21-,22+/m0/s1. The van der Waals surface area contributed by atoms with Crippen LogP contribution in [-0.4, -0.2) is 22.5 Å². The predicted octanol–water partition coefficient (Wildman–Crippen LogP) is 5.25. The first-order valence-electron chi connectivity index (χ1n) is 10.8. The summed E-state index contributed by atoms with van der Waals surface area (Å²) < 4.78 is 5.69. The molecule has 1 aliphatic carbocycles. The van der Waals surface area contributed by atoms with E-state index in [1.807, 2.05) is 39.0 Å². The molecule has 3 rings (SSSR count). The summed E-state index contributed by atoms with van der Waals surface area (Å²) in [5.74, 6) is 0.601. The quantitative estimate of drug-likeness (QED) is 0.634. The lowest BCUT2D eigenvalue weighted by atomic mass is 9.75. The van der Waals surface area contributed by atoms with Gasteiger partial charge in [0.05, 0.1) is 12.5 Å². The highest BCUT2D eigenvalue weighted by atomic mass is 16.6. The summed E-state index contributed by atoms with van der Waals surface area (Å²) in [5, 5.41) is 0. The Morgan fingerprint density at radius 1 is 1.07 bits per heavy atom. The topological polar surface area (TPSA) is 59.5 Å². The van der Waals surface area contributed by atoms with Crippen LogP contribution in [0.4, 0.5) is 5.82 Å². The average molecular weight is 409 g/mol. The molecular weight excluding hydrogens is 376 g/mol. The van der Waals surface area contributed by atoms with Crippen LogP contribution < -0.4 is 4.90 Å². The minimum absolute atomic E-state index is 0.0463. The van der Waals surface area contributed by atoms with Gasteiger partial charge in [-0.2, -0.15) is 0 Å². The molecular formula is C25H32N2O3. The van der Waals surface area contributed by atoms with E-state index < -0.39 is 5.60 Å². The van der Waals surface area contributed by atoms with Gasteiger partial charge in [0.1, 0.15) is 11.4 Å². The fourth-order valence-corrected chi connectivity index (χ4v) is 4.11. The van der Waals surface area contributed by atoms with E-state index in [-0.39, 0.29) is 23.7 Å². The molecule has 1 fully saturated rings. The van der Waals surface area contributed by atoms with Gasteiger partial charge < -0.3 is 4.74 Å². The Bertz CT molecular complexity index is 856. The molecule has 0 saturated heterocycles. The van der Waals surface area contributed by atoms with Crippen LogP contribution in [0.5, 0.6) is 0 Å². The summed E-state index contributed by atoms with van der Waals surface area (Å²) in [7, 11) is 0. The maximum absolute atomic E-state index is 12.8. The van der Waals surface area contributed by atoms with Gasteiger partial charge in [-0.15, -0.1) is 0 Å². The van der Waals surface area contributed by atoms with Crippen molar-refractivity contribution in [1.29, 1.82) is 0 Å². The highest BCUT2D eigenvalue weighted by Crippen LogP contribution is 2.39. The number of hydrogen-bond donors (Lipinski definition) is 0. The Labute approximate surface area is 179 Å². The molecule has 2 aromatic rings. The molecule has 30 heavy (non-hydrogen) atoms. The Kier molecular flexibility index (Phi) is 6.91. The number of esters is 1. The molecule has 1 amide bonds. The molecule has 2 atom stereocenters. The maximum atomic E-state index is 12.8. The van der Waals surface area contributed by atoms with Gasteiger partial charge in [-0.05, 0) is 62.8 Å². The van der Waals surface area contributed by atoms with E-state index in [2.05, 4.69) is 29.2 Å². The summed E-state index contributed by atoms with van der Waals surface area (Å²) in [6.07, 6.45) is 5.75. The zero-order chi connectivity index (χ0) is 21.7. The maximum Gasteiger partial charge on any atom is 0.310 e. The highest BCUT2D eigenvalue weighted by Gasteiger charge is 2.35. The molecule has 1 heterocycles. The van der Waals surface area contributed by atoms with Crippen molar-refractivity contribution in [2.45, 2.75) is 71.4 Å². The Morgan fingerprint density at radius 3 is 2.37 bits per heavy atom. The van der Waals surface area contributed by atoms with Crippen LogP contribution in [0, 0.1) is 5.92 Å². The Balaban J connectivity index is 1.75. The molecule has 0 N–H and O–H groups in total. The molecule has 1 aliphatic rings. The summed E-state index contributed by atoms with van der Waals surface area (Å²) in [6.45, 7) is 7.77. The molecule has 1 saturated carbocycles.